The number of benzene rings is 1. The monoisotopic (exact) mass is 214 g/mol. The zero-order valence-electron chi connectivity index (χ0n) is 8.05. The van der Waals surface area contributed by atoms with Crippen LogP contribution in [-0.2, 0) is 0 Å². The summed E-state index contributed by atoms with van der Waals surface area (Å²) in [6.07, 6.45) is 7.54. The molecule has 1 aliphatic rings. The highest BCUT2D eigenvalue weighted by Crippen LogP contribution is 2.15. The Hall–Kier alpha value is -1.74. The van der Waals surface area contributed by atoms with Gasteiger partial charge in [0.1, 0.15) is 0 Å². The second-order valence-corrected chi connectivity index (χ2v) is 3.67. The van der Waals surface area contributed by atoms with Crippen molar-refractivity contribution in [3.8, 4) is 0 Å². The van der Waals surface area contributed by atoms with Gasteiger partial charge in [-0.15, -0.1) is 0 Å². The van der Waals surface area contributed by atoms with Crippen molar-refractivity contribution in [1.29, 1.82) is 0 Å². The predicted octanol–water partition coefficient (Wildman–Crippen LogP) is 2.84. The first-order valence-corrected chi connectivity index (χ1v) is 4.99. The van der Waals surface area contributed by atoms with Crippen LogP contribution in [0.5, 0.6) is 0 Å². The van der Waals surface area contributed by atoms with Crippen molar-refractivity contribution in [1.82, 2.24) is 0 Å². The van der Waals surface area contributed by atoms with Gasteiger partial charge in [-0.25, -0.2) is 4.99 Å². The molecule has 0 amide bonds. The molecule has 2 nitrogen and oxygen atoms in total. The second kappa shape index (κ2) is 4.19. The lowest BCUT2D eigenvalue weighted by molar-refractivity contribution is 1.52. The van der Waals surface area contributed by atoms with Crippen LogP contribution in [0, 0.1) is 0 Å². The van der Waals surface area contributed by atoms with Crippen molar-refractivity contribution in [2.24, 2.45) is 4.99 Å². The Morgan fingerprint density at radius 3 is 2.13 bits per heavy atom. The normalized spacial score (nSPS) is 14.4. The number of nitrogens with two attached hydrogens (primary N) is 1. The average Bonchev–Trinajstić information content (AvgIpc) is 2.25. The number of hydrogen-bond donors (Lipinski definition) is 1. The van der Waals surface area contributed by atoms with Crippen molar-refractivity contribution in [3.05, 3.63) is 48.6 Å². The molecule has 0 saturated heterocycles. The van der Waals surface area contributed by atoms with Gasteiger partial charge in [0.2, 0.25) is 0 Å². The largest absolute Gasteiger partial charge is 0.399 e. The number of hydrogen-bond acceptors (Lipinski definition) is 3. The van der Waals surface area contributed by atoms with Crippen LogP contribution in [0.3, 0.4) is 0 Å². The predicted molar refractivity (Wildman–Crippen MR) is 68.8 cm³/mol. The van der Waals surface area contributed by atoms with Gasteiger partial charge < -0.3 is 5.73 Å². The molecule has 0 aliphatic heterocycles. The number of rotatable bonds is 1. The maximum atomic E-state index is 5.58. The summed E-state index contributed by atoms with van der Waals surface area (Å²) in [5, 5.41) is 0. The summed E-state index contributed by atoms with van der Waals surface area (Å²) < 4.78 is 0. The van der Waals surface area contributed by atoms with Gasteiger partial charge in [0.05, 0.1) is 11.4 Å². The van der Waals surface area contributed by atoms with Crippen molar-refractivity contribution in [2.45, 2.75) is 0 Å². The molecule has 74 valence electrons. The summed E-state index contributed by atoms with van der Waals surface area (Å²) in [6.45, 7) is 0. The Balaban J connectivity index is 2.24. The Morgan fingerprint density at radius 1 is 0.933 bits per heavy atom. The second-order valence-electron chi connectivity index (χ2n) is 3.20. The van der Waals surface area contributed by atoms with Crippen LogP contribution in [0.2, 0.25) is 0 Å². The van der Waals surface area contributed by atoms with Gasteiger partial charge >= 0.3 is 0 Å². The molecule has 0 saturated carbocycles. The lowest BCUT2D eigenvalue weighted by Gasteiger charge is -2.00. The molecule has 3 heteroatoms. The molecule has 1 aromatic carbocycles. The maximum Gasteiger partial charge on any atom is 0.0638 e. The number of anilines is 1. The summed E-state index contributed by atoms with van der Waals surface area (Å²) >= 11 is 5.00. The van der Waals surface area contributed by atoms with Gasteiger partial charge in [0.15, 0.2) is 0 Å². The molecule has 0 spiro atoms. The highest BCUT2D eigenvalue weighted by atomic mass is 32.1. The fourth-order valence-electron chi connectivity index (χ4n) is 1.22. The molecule has 15 heavy (non-hydrogen) atoms. The van der Waals surface area contributed by atoms with Crippen LogP contribution >= 0.6 is 12.2 Å². The fraction of sp³-hybridized carbons (Fsp3) is 0. The topological polar surface area (TPSA) is 38.4 Å². The molecule has 0 fully saturated rings. The van der Waals surface area contributed by atoms with Gasteiger partial charge in [-0.3, -0.25) is 0 Å². The number of aliphatic imine (C=N–C) groups is 1. The molecule has 0 heterocycles. The van der Waals surface area contributed by atoms with Crippen LogP contribution in [0.1, 0.15) is 0 Å². The van der Waals surface area contributed by atoms with E-state index in [-0.39, 0.29) is 0 Å². The van der Waals surface area contributed by atoms with E-state index in [0.29, 0.717) is 0 Å². The van der Waals surface area contributed by atoms with E-state index in [0.717, 1.165) is 22.0 Å². The molecule has 0 bridgehead atoms. The zero-order valence-corrected chi connectivity index (χ0v) is 8.87. The Kier molecular flexibility index (Phi) is 2.74. The third-order valence-corrected chi connectivity index (χ3v) is 2.26. The van der Waals surface area contributed by atoms with Crippen molar-refractivity contribution < 1.29 is 0 Å². The van der Waals surface area contributed by atoms with E-state index in [4.69, 9.17) is 18.0 Å². The summed E-state index contributed by atoms with van der Waals surface area (Å²) in [5.41, 5.74) is 8.12. The first-order chi connectivity index (χ1) is 7.24. The van der Waals surface area contributed by atoms with E-state index in [1.165, 1.54) is 0 Å². The number of thiocarbonyl (C=S) groups is 1. The molecule has 2 rings (SSSR count). The first kappa shape index (κ1) is 9.80. The average molecular weight is 214 g/mol. The van der Waals surface area contributed by atoms with E-state index in [1.54, 1.807) is 0 Å². The Labute approximate surface area is 93.8 Å². The Bertz CT molecular complexity index is 449. The minimum absolute atomic E-state index is 0.745. The summed E-state index contributed by atoms with van der Waals surface area (Å²) in [6, 6.07) is 7.44. The van der Waals surface area contributed by atoms with Gasteiger partial charge in [-0.05, 0) is 48.6 Å². The summed E-state index contributed by atoms with van der Waals surface area (Å²) in [4.78, 5) is 5.25. The third kappa shape index (κ3) is 2.60. The highest BCUT2D eigenvalue weighted by Gasteiger charge is 1.97. The van der Waals surface area contributed by atoms with E-state index >= 15 is 0 Å². The number of nitrogen functional groups attached to an aromatic ring is 1. The summed E-state index contributed by atoms with van der Waals surface area (Å²) in [5.74, 6) is 0. The van der Waals surface area contributed by atoms with Crippen LogP contribution < -0.4 is 5.73 Å². The molecule has 0 unspecified atom stereocenters. The third-order valence-electron chi connectivity index (χ3n) is 1.99. The molecule has 1 aliphatic carbocycles. The van der Waals surface area contributed by atoms with Crippen LogP contribution in [-0.4, -0.2) is 10.6 Å². The molecule has 0 atom stereocenters. The van der Waals surface area contributed by atoms with E-state index in [1.807, 2.05) is 48.6 Å². The van der Waals surface area contributed by atoms with Gasteiger partial charge in [-0.1, -0.05) is 12.2 Å². The highest BCUT2D eigenvalue weighted by molar-refractivity contribution is 7.81. The van der Waals surface area contributed by atoms with Crippen molar-refractivity contribution >= 4 is 34.2 Å². The van der Waals surface area contributed by atoms with Gasteiger partial charge in [0.25, 0.3) is 0 Å². The minimum Gasteiger partial charge on any atom is -0.399 e. The molecular weight excluding hydrogens is 204 g/mol. The molecule has 0 aromatic heterocycles. The zero-order chi connectivity index (χ0) is 10.7. The summed E-state index contributed by atoms with van der Waals surface area (Å²) in [7, 11) is 0. The van der Waals surface area contributed by atoms with Crippen LogP contribution in [0.25, 0.3) is 0 Å². The van der Waals surface area contributed by atoms with Gasteiger partial charge in [-0.2, -0.15) is 0 Å². The smallest absolute Gasteiger partial charge is 0.0638 e. The fourth-order valence-corrected chi connectivity index (χ4v) is 1.35. The van der Waals surface area contributed by atoms with Crippen molar-refractivity contribution in [3.63, 3.8) is 0 Å². The quantitative estimate of drug-likeness (QED) is 0.576. The molecule has 0 radical (unpaired) electrons. The SMILES string of the molecule is Nc1ccc(N=C2C=CC(=S)C=C2)cc1. The van der Waals surface area contributed by atoms with E-state index in [9.17, 15) is 0 Å². The lowest BCUT2D eigenvalue weighted by Crippen LogP contribution is -1.96. The molecular formula is C12H10N2S. The van der Waals surface area contributed by atoms with E-state index < -0.39 is 0 Å². The molecule has 2 N–H and O–H groups in total. The van der Waals surface area contributed by atoms with Crippen LogP contribution in [0.15, 0.2) is 53.6 Å². The molecule has 1 aromatic rings. The first-order valence-electron chi connectivity index (χ1n) is 4.58. The van der Waals surface area contributed by atoms with Crippen molar-refractivity contribution in [2.75, 3.05) is 5.73 Å². The standard InChI is InChI=1S/C12H10N2S/c13-9-1-3-10(4-2-9)14-11-5-7-12(15)8-6-11/h1-8H,13H2. The lowest BCUT2D eigenvalue weighted by atomic mass is 10.2. The number of nitrogens with zero attached hydrogens (tertiary/aromatic N) is 1. The van der Waals surface area contributed by atoms with E-state index in [2.05, 4.69) is 4.99 Å². The van der Waals surface area contributed by atoms with Crippen LogP contribution in [0.4, 0.5) is 11.4 Å². The minimum atomic E-state index is 0.745. The van der Waals surface area contributed by atoms with Gasteiger partial charge in [0, 0.05) is 10.6 Å². The Morgan fingerprint density at radius 2 is 1.53 bits per heavy atom. The number of allylic oxidation sites excluding steroid dienone is 4. The maximum absolute atomic E-state index is 5.58.